The first-order valence-corrected chi connectivity index (χ1v) is 7.23. The van der Waals surface area contributed by atoms with Gasteiger partial charge in [0.2, 0.25) is 0 Å². The summed E-state index contributed by atoms with van der Waals surface area (Å²) in [5.41, 5.74) is 3.30. The second-order valence-electron chi connectivity index (χ2n) is 5.27. The molecule has 0 aliphatic heterocycles. The van der Waals surface area contributed by atoms with Crippen LogP contribution in [0.25, 0.3) is 11.1 Å². The Morgan fingerprint density at radius 2 is 1.86 bits per heavy atom. The van der Waals surface area contributed by atoms with E-state index < -0.39 is 5.97 Å². The molecule has 2 aromatic rings. The Labute approximate surface area is 131 Å². The van der Waals surface area contributed by atoms with Gasteiger partial charge in [0.15, 0.2) is 0 Å². The van der Waals surface area contributed by atoms with Crippen molar-refractivity contribution in [2.75, 3.05) is 20.7 Å². The summed E-state index contributed by atoms with van der Waals surface area (Å²) in [4.78, 5) is 12.6. The van der Waals surface area contributed by atoms with Crippen LogP contribution in [0.15, 0.2) is 48.5 Å². The minimum absolute atomic E-state index is 0.140. The lowest BCUT2D eigenvalue weighted by Crippen LogP contribution is -2.21. The lowest BCUT2D eigenvalue weighted by atomic mass is 10.0. The smallest absolute Gasteiger partial charge is 0.304 e. The molecule has 0 heterocycles. The first-order valence-electron chi connectivity index (χ1n) is 7.23. The molecule has 0 radical (unpaired) electrons. The Hall–Kier alpha value is -2.33. The van der Waals surface area contributed by atoms with E-state index in [9.17, 15) is 4.79 Å². The van der Waals surface area contributed by atoms with E-state index in [1.54, 1.807) is 7.11 Å². The molecule has 0 aliphatic carbocycles. The minimum Gasteiger partial charge on any atom is -0.496 e. The first kappa shape index (κ1) is 16.0. The van der Waals surface area contributed by atoms with Gasteiger partial charge in [-0.3, -0.25) is 4.79 Å². The van der Waals surface area contributed by atoms with Crippen LogP contribution in [0, 0.1) is 0 Å². The third-order valence-corrected chi connectivity index (χ3v) is 3.54. The van der Waals surface area contributed by atoms with Gasteiger partial charge in [-0.25, -0.2) is 0 Å². The minimum atomic E-state index is -0.779. The topological polar surface area (TPSA) is 49.8 Å². The van der Waals surface area contributed by atoms with Gasteiger partial charge in [0.25, 0.3) is 0 Å². The molecular formula is C18H21NO3. The highest BCUT2D eigenvalue weighted by Gasteiger charge is 2.09. The van der Waals surface area contributed by atoms with Crippen LogP contribution in [0.1, 0.15) is 12.0 Å². The zero-order valence-corrected chi connectivity index (χ0v) is 13.0. The number of methoxy groups -OCH3 is 1. The van der Waals surface area contributed by atoms with Gasteiger partial charge in [-0.15, -0.1) is 0 Å². The van der Waals surface area contributed by atoms with E-state index >= 15 is 0 Å². The molecule has 0 atom stereocenters. The number of hydrogen-bond donors (Lipinski definition) is 1. The van der Waals surface area contributed by atoms with Crippen molar-refractivity contribution < 1.29 is 14.6 Å². The molecule has 1 N–H and O–H groups in total. The van der Waals surface area contributed by atoms with Gasteiger partial charge >= 0.3 is 5.97 Å². The van der Waals surface area contributed by atoms with Crippen molar-refractivity contribution in [3.8, 4) is 16.9 Å². The number of rotatable bonds is 7. The average molecular weight is 299 g/mol. The van der Waals surface area contributed by atoms with Gasteiger partial charge in [-0.2, -0.15) is 0 Å². The van der Waals surface area contributed by atoms with Crippen LogP contribution >= 0.6 is 0 Å². The maximum atomic E-state index is 10.6. The molecule has 0 fully saturated rings. The molecular weight excluding hydrogens is 278 g/mol. The fourth-order valence-electron chi connectivity index (χ4n) is 2.34. The molecule has 0 unspecified atom stereocenters. The van der Waals surface area contributed by atoms with Crippen molar-refractivity contribution in [1.82, 2.24) is 4.90 Å². The van der Waals surface area contributed by atoms with Gasteiger partial charge in [-0.05, 0) is 24.2 Å². The SMILES string of the molecule is COc1cc(-c2ccccc2)ccc1CN(C)CCC(=O)O. The van der Waals surface area contributed by atoms with Crippen LogP contribution in [0.5, 0.6) is 5.75 Å². The van der Waals surface area contributed by atoms with Crippen LogP contribution in [0.2, 0.25) is 0 Å². The Bertz CT molecular complexity index is 625. The lowest BCUT2D eigenvalue weighted by molar-refractivity contribution is -0.137. The van der Waals surface area contributed by atoms with E-state index in [2.05, 4.69) is 18.2 Å². The van der Waals surface area contributed by atoms with E-state index in [-0.39, 0.29) is 6.42 Å². The summed E-state index contributed by atoms with van der Waals surface area (Å²) in [6, 6.07) is 16.3. The maximum Gasteiger partial charge on any atom is 0.304 e. The maximum absolute atomic E-state index is 10.6. The number of ether oxygens (including phenoxy) is 1. The van der Waals surface area contributed by atoms with Crippen molar-refractivity contribution in [3.05, 3.63) is 54.1 Å². The standard InChI is InChI=1S/C18H21NO3/c1-19(11-10-18(20)21)13-16-9-8-15(12-17(16)22-2)14-6-4-3-5-7-14/h3-9,12H,10-11,13H2,1-2H3,(H,20,21). The van der Waals surface area contributed by atoms with Gasteiger partial charge in [0, 0.05) is 18.7 Å². The molecule has 0 saturated carbocycles. The summed E-state index contributed by atoms with van der Waals surface area (Å²) < 4.78 is 5.49. The number of carboxylic acid groups (broad SMARTS) is 1. The van der Waals surface area contributed by atoms with Crippen LogP contribution < -0.4 is 4.74 Å². The first-order chi connectivity index (χ1) is 10.6. The Balaban J connectivity index is 2.14. The fraction of sp³-hybridized carbons (Fsp3) is 0.278. The van der Waals surface area contributed by atoms with E-state index in [1.165, 1.54) is 0 Å². The summed E-state index contributed by atoms with van der Waals surface area (Å²) in [5, 5.41) is 8.74. The van der Waals surface area contributed by atoms with E-state index in [0.717, 1.165) is 22.4 Å². The summed E-state index contributed by atoms with van der Waals surface area (Å²) in [7, 11) is 3.57. The number of carboxylic acids is 1. The summed E-state index contributed by atoms with van der Waals surface area (Å²) in [6.07, 6.45) is 0.140. The second-order valence-corrected chi connectivity index (χ2v) is 5.27. The number of carbonyl (C=O) groups is 1. The predicted molar refractivity (Wildman–Crippen MR) is 87.0 cm³/mol. The van der Waals surface area contributed by atoms with Crippen LogP contribution in [-0.2, 0) is 11.3 Å². The van der Waals surface area contributed by atoms with Crippen LogP contribution in [-0.4, -0.2) is 36.7 Å². The third kappa shape index (κ3) is 4.33. The summed E-state index contributed by atoms with van der Waals surface area (Å²) >= 11 is 0. The van der Waals surface area contributed by atoms with Gasteiger partial charge in [0.05, 0.1) is 13.5 Å². The van der Waals surface area contributed by atoms with Crippen LogP contribution in [0.4, 0.5) is 0 Å². The largest absolute Gasteiger partial charge is 0.496 e. The summed E-state index contributed by atoms with van der Waals surface area (Å²) in [6.45, 7) is 1.17. The molecule has 0 aliphatic rings. The summed E-state index contributed by atoms with van der Waals surface area (Å²) in [5.74, 6) is 0.0433. The Morgan fingerprint density at radius 1 is 1.14 bits per heavy atom. The zero-order chi connectivity index (χ0) is 15.9. The molecule has 0 aromatic heterocycles. The number of benzene rings is 2. The molecule has 2 rings (SSSR count). The Kier molecular flexibility index (Phi) is 5.55. The predicted octanol–water partition coefficient (Wildman–Crippen LogP) is 3.27. The van der Waals surface area contributed by atoms with Crippen molar-refractivity contribution in [3.63, 3.8) is 0 Å². The van der Waals surface area contributed by atoms with Crippen LogP contribution in [0.3, 0.4) is 0 Å². The molecule has 22 heavy (non-hydrogen) atoms. The molecule has 0 amide bonds. The van der Waals surface area contributed by atoms with Gasteiger partial charge in [0.1, 0.15) is 5.75 Å². The number of hydrogen-bond acceptors (Lipinski definition) is 3. The molecule has 116 valence electrons. The van der Waals surface area contributed by atoms with E-state index in [0.29, 0.717) is 13.1 Å². The fourth-order valence-corrected chi connectivity index (χ4v) is 2.34. The molecule has 2 aromatic carbocycles. The van der Waals surface area contributed by atoms with Crippen molar-refractivity contribution in [2.24, 2.45) is 0 Å². The third-order valence-electron chi connectivity index (χ3n) is 3.54. The lowest BCUT2D eigenvalue weighted by Gasteiger charge is -2.18. The molecule has 4 heteroatoms. The zero-order valence-electron chi connectivity index (χ0n) is 13.0. The normalized spacial score (nSPS) is 10.7. The van der Waals surface area contributed by atoms with E-state index in [1.807, 2.05) is 42.3 Å². The highest BCUT2D eigenvalue weighted by Crippen LogP contribution is 2.27. The quantitative estimate of drug-likeness (QED) is 0.852. The highest BCUT2D eigenvalue weighted by atomic mass is 16.5. The molecule has 0 spiro atoms. The van der Waals surface area contributed by atoms with Crippen molar-refractivity contribution in [1.29, 1.82) is 0 Å². The van der Waals surface area contributed by atoms with Gasteiger partial charge < -0.3 is 14.7 Å². The van der Waals surface area contributed by atoms with Crippen molar-refractivity contribution in [2.45, 2.75) is 13.0 Å². The molecule has 4 nitrogen and oxygen atoms in total. The number of nitrogens with zero attached hydrogens (tertiary/aromatic N) is 1. The Morgan fingerprint density at radius 3 is 2.50 bits per heavy atom. The molecule has 0 bridgehead atoms. The molecule has 0 saturated heterocycles. The highest BCUT2D eigenvalue weighted by molar-refractivity contribution is 5.67. The average Bonchev–Trinajstić information content (AvgIpc) is 2.54. The van der Waals surface area contributed by atoms with E-state index in [4.69, 9.17) is 9.84 Å². The monoisotopic (exact) mass is 299 g/mol. The number of aliphatic carboxylic acids is 1. The second kappa shape index (κ2) is 7.61. The van der Waals surface area contributed by atoms with Crippen molar-refractivity contribution >= 4 is 5.97 Å². The van der Waals surface area contributed by atoms with Gasteiger partial charge in [-0.1, -0.05) is 42.5 Å².